The van der Waals surface area contributed by atoms with Crippen LogP contribution < -0.4 is 17.2 Å². The average Bonchev–Trinajstić information content (AvgIpc) is 2.44. The Morgan fingerprint density at radius 2 is 1.17 bits per heavy atom. The summed E-state index contributed by atoms with van der Waals surface area (Å²) in [4.78, 5) is 40.8. The van der Waals surface area contributed by atoms with E-state index in [1.54, 1.807) is 0 Å². The summed E-state index contributed by atoms with van der Waals surface area (Å²) in [6.07, 6.45) is 1.54. The molecule has 11 nitrogen and oxygen atoms in total. The summed E-state index contributed by atoms with van der Waals surface area (Å²) >= 11 is 0. The van der Waals surface area contributed by atoms with Gasteiger partial charge in [0.15, 0.2) is 5.92 Å². The van der Waals surface area contributed by atoms with Crippen LogP contribution >= 0.6 is 0 Å². The lowest BCUT2D eigenvalue weighted by Crippen LogP contribution is -2.37. The summed E-state index contributed by atoms with van der Waals surface area (Å²) in [7, 11) is 0. The molecule has 0 aliphatic heterocycles. The monoisotopic (exact) mass is 337 g/mol. The first-order chi connectivity index (χ1) is 10.5. The van der Waals surface area contributed by atoms with Crippen molar-refractivity contribution in [2.75, 3.05) is 6.54 Å². The lowest BCUT2D eigenvalue weighted by atomic mass is 10.0. The van der Waals surface area contributed by atoms with Crippen molar-refractivity contribution in [3.05, 3.63) is 0 Å². The second-order valence-electron chi connectivity index (χ2n) is 4.64. The van der Waals surface area contributed by atoms with Crippen LogP contribution in [0.25, 0.3) is 0 Å². The number of aliphatic carboxylic acids is 4. The molecule has 2 atom stereocenters. The minimum Gasteiger partial charge on any atom is -0.481 e. The first kappa shape index (κ1) is 23.0. The number of nitrogens with two attached hydrogens (primary N) is 3. The highest BCUT2D eigenvalue weighted by atomic mass is 16.4. The molecular formula is C12H23N3O8. The molecule has 0 bridgehead atoms. The second kappa shape index (κ2) is 12.3. The quantitative estimate of drug-likeness (QED) is 0.172. The van der Waals surface area contributed by atoms with Gasteiger partial charge in [-0.2, -0.15) is 0 Å². The van der Waals surface area contributed by atoms with Gasteiger partial charge in [0.05, 0.1) is 0 Å². The number of carboxylic acid groups (broad SMARTS) is 4. The molecule has 0 aliphatic carbocycles. The highest BCUT2D eigenvalue weighted by molar-refractivity contribution is 5.93. The molecule has 0 fully saturated rings. The van der Waals surface area contributed by atoms with E-state index in [1.807, 2.05) is 0 Å². The van der Waals surface area contributed by atoms with Gasteiger partial charge < -0.3 is 37.6 Å². The Hall–Kier alpha value is -2.24. The highest BCUT2D eigenvalue weighted by Gasteiger charge is 2.30. The molecule has 0 aromatic heterocycles. The molecule has 134 valence electrons. The number of rotatable bonds is 10. The van der Waals surface area contributed by atoms with Crippen LogP contribution in [0.15, 0.2) is 0 Å². The molecule has 0 saturated carbocycles. The maximum atomic E-state index is 10.3. The summed E-state index contributed by atoms with van der Waals surface area (Å²) in [6, 6.07) is -2.19. The third kappa shape index (κ3) is 12.0. The Balaban J connectivity index is 0. The van der Waals surface area contributed by atoms with Crippen molar-refractivity contribution >= 4 is 23.9 Å². The average molecular weight is 337 g/mol. The second-order valence-corrected chi connectivity index (χ2v) is 4.64. The fourth-order valence-electron chi connectivity index (χ4n) is 1.29. The maximum absolute atomic E-state index is 10.3. The Morgan fingerprint density at radius 1 is 0.739 bits per heavy atom. The van der Waals surface area contributed by atoms with Crippen molar-refractivity contribution < 1.29 is 39.6 Å². The van der Waals surface area contributed by atoms with Gasteiger partial charge in [0, 0.05) is 0 Å². The van der Waals surface area contributed by atoms with Crippen molar-refractivity contribution in [3.63, 3.8) is 0 Å². The molecule has 0 amide bonds. The third-order valence-corrected chi connectivity index (χ3v) is 2.69. The Bertz CT molecular complexity index is 401. The van der Waals surface area contributed by atoms with Crippen molar-refractivity contribution in [1.29, 1.82) is 0 Å². The fourth-order valence-corrected chi connectivity index (χ4v) is 1.29. The zero-order chi connectivity index (χ0) is 18.6. The van der Waals surface area contributed by atoms with E-state index in [0.29, 0.717) is 13.0 Å². The maximum Gasteiger partial charge on any atom is 0.320 e. The summed E-state index contributed by atoms with van der Waals surface area (Å²) in [5, 5.41) is 33.3. The van der Waals surface area contributed by atoms with Gasteiger partial charge in [0.2, 0.25) is 0 Å². The molecule has 23 heavy (non-hydrogen) atoms. The van der Waals surface area contributed by atoms with E-state index >= 15 is 0 Å². The lowest BCUT2D eigenvalue weighted by molar-refractivity contribution is -0.155. The molecule has 0 heterocycles. The largest absolute Gasteiger partial charge is 0.481 e. The number of unbranched alkanes of at least 4 members (excludes halogenated alkanes) is 1. The third-order valence-electron chi connectivity index (χ3n) is 2.69. The Labute approximate surface area is 132 Å². The summed E-state index contributed by atoms with van der Waals surface area (Å²) in [5.41, 5.74) is 15.4. The molecule has 11 heteroatoms. The number of carbonyl (C=O) groups is 4. The van der Waals surface area contributed by atoms with Gasteiger partial charge in [0.1, 0.15) is 12.1 Å². The molecule has 0 rings (SSSR count). The summed E-state index contributed by atoms with van der Waals surface area (Å²) in [6.45, 7) is 0.604. The lowest BCUT2D eigenvalue weighted by Gasteiger charge is -2.09. The molecule has 0 radical (unpaired) electrons. The molecule has 0 aromatic rings. The van der Waals surface area contributed by atoms with Gasteiger partial charge in [-0.15, -0.1) is 0 Å². The van der Waals surface area contributed by atoms with Crippen LogP contribution in [0.4, 0.5) is 0 Å². The van der Waals surface area contributed by atoms with Crippen LogP contribution in [-0.2, 0) is 19.2 Å². The van der Waals surface area contributed by atoms with Crippen molar-refractivity contribution in [3.8, 4) is 0 Å². The highest BCUT2D eigenvalue weighted by Crippen LogP contribution is 2.06. The minimum absolute atomic E-state index is 0.520. The first-order valence-corrected chi connectivity index (χ1v) is 6.67. The van der Waals surface area contributed by atoms with E-state index in [0.717, 1.165) is 12.8 Å². The summed E-state index contributed by atoms with van der Waals surface area (Å²) in [5.74, 6) is -7.32. The van der Waals surface area contributed by atoms with Crippen molar-refractivity contribution in [2.45, 2.75) is 37.8 Å². The zero-order valence-electron chi connectivity index (χ0n) is 12.4. The van der Waals surface area contributed by atoms with E-state index < -0.39 is 48.3 Å². The van der Waals surface area contributed by atoms with E-state index in [9.17, 15) is 19.2 Å². The van der Waals surface area contributed by atoms with Crippen LogP contribution in [0.2, 0.25) is 0 Å². The van der Waals surface area contributed by atoms with E-state index in [1.165, 1.54) is 0 Å². The van der Waals surface area contributed by atoms with E-state index in [2.05, 4.69) is 0 Å². The molecular weight excluding hydrogens is 314 g/mol. The predicted octanol–water partition coefficient (Wildman–Crippen LogP) is -1.90. The number of carboxylic acids is 4. The number of hydrogen-bond acceptors (Lipinski definition) is 7. The molecule has 0 aliphatic rings. The van der Waals surface area contributed by atoms with Gasteiger partial charge in [0.25, 0.3) is 0 Å². The van der Waals surface area contributed by atoms with Crippen LogP contribution in [0.5, 0.6) is 0 Å². The van der Waals surface area contributed by atoms with Crippen LogP contribution in [0.1, 0.15) is 25.7 Å². The molecule has 0 saturated heterocycles. The van der Waals surface area contributed by atoms with Crippen molar-refractivity contribution in [1.82, 2.24) is 0 Å². The van der Waals surface area contributed by atoms with Gasteiger partial charge in [-0.3, -0.25) is 19.2 Å². The Kier molecular flexibility index (Phi) is 12.3. The predicted molar refractivity (Wildman–Crippen MR) is 77.5 cm³/mol. The van der Waals surface area contributed by atoms with E-state index in [-0.39, 0.29) is 0 Å². The first-order valence-electron chi connectivity index (χ1n) is 6.67. The van der Waals surface area contributed by atoms with Crippen LogP contribution in [-0.4, -0.2) is 62.9 Å². The molecule has 0 unspecified atom stereocenters. The normalized spacial score (nSPS) is 12.7. The summed E-state index contributed by atoms with van der Waals surface area (Å²) < 4.78 is 0. The molecule has 0 aromatic carbocycles. The number of hydrogen-bond donors (Lipinski definition) is 7. The standard InChI is InChI=1S/C6H14N2O2.C6H9NO6/c7-4-2-1-3-5(8)6(9)10;7-3(6(12)13)1-2(4(8)9)5(10)11/h5H,1-4,7-8H2,(H,9,10);2-3H,1,7H2,(H,8,9)(H,10,11)(H,12,13)/t5-;3-/m00/s1. The Morgan fingerprint density at radius 3 is 1.48 bits per heavy atom. The van der Waals surface area contributed by atoms with Gasteiger partial charge in [-0.25, -0.2) is 0 Å². The zero-order valence-corrected chi connectivity index (χ0v) is 12.4. The van der Waals surface area contributed by atoms with Crippen molar-refractivity contribution in [2.24, 2.45) is 23.1 Å². The fraction of sp³-hybridized carbons (Fsp3) is 0.667. The van der Waals surface area contributed by atoms with Crippen LogP contribution in [0, 0.1) is 5.92 Å². The SMILES string of the molecule is NCCCC[C@H](N)C(=O)O.N[C@@H](CC(C(=O)O)C(=O)O)C(=O)O. The molecule has 10 N–H and O–H groups in total. The van der Waals surface area contributed by atoms with Gasteiger partial charge >= 0.3 is 23.9 Å². The van der Waals surface area contributed by atoms with Crippen LogP contribution in [0.3, 0.4) is 0 Å². The smallest absolute Gasteiger partial charge is 0.320 e. The molecule has 0 spiro atoms. The topological polar surface area (TPSA) is 227 Å². The minimum atomic E-state index is -1.77. The van der Waals surface area contributed by atoms with Gasteiger partial charge in [-0.1, -0.05) is 6.42 Å². The van der Waals surface area contributed by atoms with E-state index in [4.69, 9.17) is 37.6 Å². The van der Waals surface area contributed by atoms with Gasteiger partial charge in [-0.05, 0) is 25.8 Å².